The van der Waals surface area contributed by atoms with Crippen molar-refractivity contribution in [2.75, 3.05) is 6.79 Å². The minimum Gasteiger partial charge on any atom is -0.454 e. The summed E-state index contributed by atoms with van der Waals surface area (Å²) < 4.78 is 10.6. The van der Waals surface area contributed by atoms with Crippen molar-refractivity contribution >= 4 is 23.5 Å². The van der Waals surface area contributed by atoms with E-state index in [1.165, 1.54) is 0 Å². The molecule has 136 valence electrons. The average molecular weight is 376 g/mol. The van der Waals surface area contributed by atoms with Crippen molar-refractivity contribution < 1.29 is 19.1 Å². The molecule has 1 heterocycles. The number of urea groups is 1. The maximum atomic E-state index is 12.3. The first kappa shape index (κ1) is 17.9. The highest BCUT2D eigenvalue weighted by Crippen LogP contribution is 2.32. The van der Waals surface area contributed by atoms with Crippen molar-refractivity contribution in [3.63, 3.8) is 0 Å². The molecular formula is C18H18ClN3O4. The van der Waals surface area contributed by atoms with Gasteiger partial charge in [0.1, 0.15) is 0 Å². The molecule has 4 N–H and O–H groups in total. The van der Waals surface area contributed by atoms with E-state index in [4.69, 9.17) is 26.8 Å². The first-order valence-corrected chi connectivity index (χ1v) is 8.36. The standard InChI is InChI=1S/C18H18ClN3O4/c19-13-4-2-1-3-12(13)14(22-18(20)24)8-17(23)21-9-11-5-6-15-16(7-11)26-10-25-15/h1-7,14H,8-10H2,(H,21,23)(H3,20,22,24)/t14-/m0/s1. The molecule has 7 nitrogen and oxygen atoms in total. The third kappa shape index (κ3) is 4.37. The van der Waals surface area contributed by atoms with Crippen molar-refractivity contribution in [1.29, 1.82) is 0 Å². The topological polar surface area (TPSA) is 103 Å². The lowest BCUT2D eigenvalue weighted by Gasteiger charge is -2.19. The summed E-state index contributed by atoms with van der Waals surface area (Å²) in [7, 11) is 0. The number of primary amides is 1. The van der Waals surface area contributed by atoms with Crippen LogP contribution in [0, 0.1) is 0 Å². The molecule has 1 aliphatic rings. The highest BCUT2D eigenvalue weighted by Gasteiger charge is 2.20. The summed E-state index contributed by atoms with van der Waals surface area (Å²) in [5.74, 6) is 1.09. The Labute approximate surface area is 155 Å². The fraction of sp³-hybridized carbons (Fsp3) is 0.222. The van der Waals surface area contributed by atoms with Crippen LogP contribution in [0.2, 0.25) is 5.02 Å². The Morgan fingerprint density at radius 3 is 2.69 bits per heavy atom. The van der Waals surface area contributed by atoms with Crippen LogP contribution in [0.1, 0.15) is 23.6 Å². The maximum Gasteiger partial charge on any atom is 0.312 e. The van der Waals surface area contributed by atoms with Gasteiger partial charge in [-0.1, -0.05) is 35.9 Å². The molecule has 1 aliphatic heterocycles. The largest absolute Gasteiger partial charge is 0.454 e. The molecule has 0 bridgehead atoms. The Bertz CT molecular complexity index is 828. The van der Waals surface area contributed by atoms with Gasteiger partial charge in [-0.2, -0.15) is 0 Å². The number of nitrogens with one attached hydrogen (secondary N) is 2. The van der Waals surface area contributed by atoms with Crippen LogP contribution in [0.15, 0.2) is 42.5 Å². The molecule has 0 saturated carbocycles. The Morgan fingerprint density at radius 1 is 1.15 bits per heavy atom. The number of ether oxygens (including phenoxy) is 2. The molecule has 26 heavy (non-hydrogen) atoms. The summed E-state index contributed by atoms with van der Waals surface area (Å²) in [4.78, 5) is 23.6. The monoisotopic (exact) mass is 375 g/mol. The average Bonchev–Trinajstić information content (AvgIpc) is 3.07. The SMILES string of the molecule is NC(=O)N[C@@H](CC(=O)NCc1ccc2c(c1)OCO2)c1ccccc1Cl. The minimum atomic E-state index is -0.724. The molecule has 0 spiro atoms. The van der Waals surface area contributed by atoms with Gasteiger partial charge in [0.05, 0.1) is 12.5 Å². The fourth-order valence-corrected chi connectivity index (χ4v) is 2.94. The first-order chi connectivity index (χ1) is 12.5. The van der Waals surface area contributed by atoms with E-state index in [0.29, 0.717) is 28.6 Å². The van der Waals surface area contributed by atoms with E-state index < -0.39 is 12.1 Å². The van der Waals surface area contributed by atoms with Gasteiger partial charge in [0.25, 0.3) is 0 Å². The molecule has 2 aromatic carbocycles. The van der Waals surface area contributed by atoms with Crippen molar-refractivity contribution in [3.05, 3.63) is 58.6 Å². The van der Waals surface area contributed by atoms with Crippen LogP contribution in [-0.2, 0) is 11.3 Å². The number of hydrogen-bond donors (Lipinski definition) is 3. The molecule has 3 amide bonds. The normalized spacial score (nSPS) is 13.1. The van der Waals surface area contributed by atoms with Gasteiger partial charge in [0.15, 0.2) is 11.5 Å². The second-order valence-electron chi connectivity index (χ2n) is 5.75. The Hall–Kier alpha value is -2.93. The van der Waals surface area contributed by atoms with Crippen LogP contribution >= 0.6 is 11.6 Å². The van der Waals surface area contributed by atoms with Gasteiger partial charge >= 0.3 is 6.03 Å². The highest BCUT2D eigenvalue weighted by atomic mass is 35.5. The fourth-order valence-electron chi connectivity index (χ4n) is 2.68. The van der Waals surface area contributed by atoms with Crippen LogP contribution in [0.5, 0.6) is 11.5 Å². The minimum absolute atomic E-state index is 0.0111. The number of carbonyl (C=O) groups excluding carboxylic acids is 2. The summed E-state index contributed by atoms with van der Waals surface area (Å²) in [6.07, 6.45) is 0.0111. The predicted molar refractivity (Wildman–Crippen MR) is 95.9 cm³/mol. The van der Waals surface area contributed by atoms with E-state index in [1.54, 1.807) is 30.3 Å². The molecule has 0 unspecified atom stereocenters. The molecule has 0 radical (unpaired) electrons. The van der Waals surface area contributed by atoms with Crippen molar-refractivity contribution in [2.24, 2.45) is 5.73 Å². The van der Waals surface area contributed by atoms with Crippen molar-refractivity contribution in [3.8, 4) is 11.5 Å². The number of hydrogen-bond acceptors (Lipinski definition) is 4. The summed E-state index contributed by atoms with van der Waals surface area (Å²) in [6, 6.07) is 11.1. The number of carbonyl (C=O) groups is 2. The summed E-state index contributed by atoms with van der Waals surface area (Å²) >= 11 is 6.16. The van der Waals surface area contributed by atoms with E-state index in [2.05, 4.69) is 10.6 Å². The number of rotatable bonds is 6. The van der Waals surface area contributed by atoms with Crippen molar-refractivity contribution in [1.82, 2.24) is 10.6 Å². The van der Waals surface area contributed by atoms with Crippen LogP contribution in [-0.4, -0.2) is 18.7 Å². The van der Waals surface area contributed by atoms with Gasteiger partial charge in [-0.3, -0.25) is 4.79 Å². The van der Waals surface area contributed by atoms with E-state index in [-0.39, 0.29) is 19.1 Å². The summed E-state index contributed by atoms with van der Waals surface area (Å²) in [5, 5.41) is 5.82. The van der Waals surface area contributed by atoms with E-state index in [1.807, 2.05) is 12.1 Å². The number of benzene rings is 2. The number of nitrogens with two attached hydrogens (primary N) is 1. The quantitative estimate of drug-likeness (QED) is 0.721. The third-order valence-corrected chi connectivity index (χ3v) is 4.26. The Kier molecular flexibility index (Phi) is 5.48. The van der Waals surface area contributed by atoms with E-state index in [9.17, 15) is 9.59 Å². The first-order valence-electron chi connectivity index (χ1n) is 7.98. The summed E-state index contributed by atoms with van der Waals surface area (Å²) in [6.45, 7) is 0.519. The number of halogens is 1. The number of fused-ring (bicyclic) bond motifs is 1. The van der Waals surface area contributed by atoms with Crippen LogP contribution in [0.3, 0.4) is 0 Å². The maximum absolute atomic E-state index is 12.3. The lowest BCUT2D eigenvalue weighted by Crippen LogP contribution is -2.36. The Morgan fingerprint density at radius 2 is 1.92 bits per heavy atom. The molecule has 0 aliphatic carbocycles. The molecule has 2 aromatic rings. The number of amides is 3. The molecular weight excluding hydrogens is 358 g/mol. The van der Waals surface area contributed by atoms with Crippen molar-refractivity contribution in [2.45, 2.75) is 19.0 Å². The lowest BCUT2D eigenvalue weighted by atomic mass is 10.0. The van der Waals surface area contributed by atoms with Gasteiger partial charge in [0.2, 0.25) is 12.7 Å². The van der Waals surface area contributed by atoms with Gasteiger partial charge in [-0.05, 0) is 29.3 Å². The molecule has 0 aromatic heterocycles. The van der Waals surface area contributed by atoms with E-state index >= 15 is 0 Å². The van der Waals surface area contributed by atoms with Gasteiger partial charge in [0, 0.05) is 11.6 Å². The van der Waals surface area contributed by atoms with Crippen LogP contribution in [0.4, 0.5) is 4.79 Å². The van der Waals surface area contributed by atoms with Crippen LogP contribution < -0.4 is 25.8 Å². The predicted octanol–water partition coefficient (Wildman–Crippen LogP) is 2.48. The second kappa shape index (κ2) is 7.97. The lowest BCUT2D eigenvalue weighted by molar-refractivity contribution is -0.121. The zero-order chi connectivity index (χ0) is 18.5. The zero-order valence-corrected chi connectivity index (χ0v) is 14.6. The molecule has 1 atom stereocenters. The Balaban J connectivity index is 1.62. The smallest absolute Gasteiger partial charge is 0.312 e. The molecule has 0 saturated heterocycles. The molecule has 8 heteroatoms. The summed E-state index contributed by atoms with van der Waals surface area (Å²) in [5.41, 5.74) is 6.73. The van der Waals surface area contributed by atoms with Gasteiger partial charge in [-0.15, -0.1) is 0 Å². The zero-order valence-electron chi connectivity index (χ0n) is 13.8. The second-order valence-corrected chi connectivity index (χ2v) is 6.16. The van der Waals surface area contributed by atoms with Gasteiger partial charge in [-0.25, -0.2) is 4.79 Å². The molecule has 0 fully saturated rings. The highest BCUT2D eigenvalue weighted by molar-refractivity contribution is 6.31. The third-order valence-electron chi connectivity index (χ3n) is 3.91. The van der Waals surface area contributed by atoms with E-state index in [0.717, 1.165) is 5.56 Å². The molecule has 3 rings (SSSR count). The van der Waals surface area contributed by atoms with Gasteiger partial charge < -0.3 is 25.8 Å². The van der Waals surface area contributed by atoms with Crippen LogP contribution in [0.25, 0.3) is 0 Å².